The zero-order valence-corrected chi connectivity index (χ0v) is 13.3. The van der Waals surface area contributed by atoms with E-state index < -0.39 is 0 Å². The molecule has 3 heteroatoms. The Morgan fingerprint density at radius 1 is 0.720 bits per heavy atom. The van der Waals surface area contributed by atoms with Gasteiger partial charge in [0.25, 0.3) is 0 Å². The molecule has 0 aliphatic heterocycles. The first-order valence-corrected chi connectivity index (χ1v) is 8.36. The van der Waals surface area contributed by atoms with Gasteiger partial charge in [-0.2, -0.15) is 0 Å². The van der Waals surface area contributed by atoms with Gasteiger partial charge in [-0.25, -0.2) is 9.97 Å². The van der Waals surface area contributed by atoms with Crippen molar-refractivity contribution in [1.29, 1.82) is 0 Å². The number of fused-ring (bicyclic) bond motifs is 9. The minimum atomic E-state index is 0.971. The fraction of sp³-hybridized carbons (Fsp3) is 0. The van der Waals surface area contributed by atoms with Crippen molar-refractivity contribution in [3.05, 3.63) is 79.1 Å². The third-order valence-corrected chi connectivity index (χ3v) is 4.98. The van der Waals surface area contributed by atoms with Crippen molar-refractivity contribution in [2.45, 2.75) is 0 Å². The lowest BCUT2D eigenvalue weighted by Gasteiger charge is -2.09. The van der Waals surface area contributed by atoms with Crippen molar-refractivity contribution in [2.24, 2.45) is 0 Å². The van der Waals surface area contributed by atoms with Gasteiger partial charge in [0.05, 0.1) is 16.6 Å². The number of pyridine rings is 3. The van der Waals surface area contributed by atoms with Crippen LogP contribution in [0.4, 0.5) is 0 Å². The van der Waals surface area contributed by atoms with Crippen molar-refractivity contribution in [2.75, 3.05) is 0 Å². The van der Waals surface area contributed by atoms with Crippen LogP contribution in [0, 0.1) is 0 Å². The van der Waals surface area contributed by atoms with E-state index in [4.69, 9.17) is 4.98 Å². The van der Waals surface area contributed by atoms with E-state index in [2.05, 4.69) is 70.2 Å². The Hall–Kier alpha value is -3.46. The van der Waals surface area contributed by atoms with Crippen LogP contribution in [0.15, 0.2) is 79.1 Å². The molecule has 4 aromatic heterocycles. The van der Waals surface area contributed by atoms with E-state index in [1.165, 1.54) is 10.8 Å². The molecular formula is C22H13N3. The lowest BCUT2D eigenvalue weighted by atomic mass is 10.1. The highest BCUT2D eigenvalue weighted by atomic mass is 15.0. The van der Waals surface area contributed by atoms with Gasteiger partial charge in [-0.1, -0.05) is 42.5 Å². The Kier molecular flexibility index (Phi) is 2.35. The summed E-state index contributed by atoms with van der Waals surface area (Å²) in [5.41, 5.74) is 4.15. The first-order chi connectivity index (χ1) is 12.4. The molecule has 25 heavy (non-hydrogen) atoms. The van der Waals surface area contributed by atoms with Crippen LogP contribution in [-0.2, 0) is 0 Å². The highest BCUT2D eigenvalue weighted by Crippen LogP contribution is 2.34. The molecule has 0 N–H and O–H groups in total. The molecule has 0 atom stereocenters. The predicted octanol–water partition coefficient (Wildman–Crippen LogP) is 5.34. The molecule has 6 rings (SSSR count). The molecular weight excluding hydrogens is 306 g/mol. The van der Waals surface area contributed by atoms with Crippen LogP contribution in [0.5, 0.6) is 0 Å². The summed E-state index contributed by atoms with van der Waals surface area (Å²) in [4.78, 5) is 9.70. The first-order valence-electron chi connectivity index (χ1n) is 8.36. The summed E-state index contributed by atoms with van der Waals surface area (Å²) in [7, 11) is 0. The maximum atomic E-state index is 5.03. The fourth-order valence-corrected chi connectivity index (χ4v) is 3.87. The second kappa shape index (κ2) is 4.54. The van der Waals surface area contributed by atoms with Gasteiger partial charge in [0.1, 0.15) is 5.65 Å². The third kappa shape index (κ3) is 1.64. The van der Waals surface area contributed by atoms with Crippen LogP contribution < -0.4 is 0 Å². The van der Waals surface area contributed by atoms with Gasteiger partial charge in [0.15, 0.2) is 0 Å². The van der Waals surface area contributed by atoms with Crippen LogP contribution in [0.25, 0.3) is 49.1 Å². The number of benzene rings is 2. The molecule has 0 fully saturated rings. The average Bonchev–Trinajstić information content (AvgIpc) is 3.07. The molecule has 3 nitrogen and oxygen atoms in total. The molecule has 0 bridgehead atoms. The fourth-order valence-electron chi connectivity index (χ4n) is 3.87. The molecule has 6 aromatic rings. The Bertz CT molecular complexity index is 1440. The standard InChI is InChI=1S/C22H13N3/c1-3-8-16-15(7-1)13-25-21(16)20-18(17-9-5-11-23-22(17)25)12-14-6-2-4-10-19(14)24-20/h1-13H. The van der Waals surface area contributed by atoms with E-state index in [0.29, 0.717) is 0 Å². The molecule has 0 aliphatic rings. The third-order valence-electron chi connectivity index (χ3n) is 4.98. The Morgan fingerprint density at radius 3 is 2.48 bits per heavy atom. The van der Waals surface area contributed by atoms with Crippen LogP contribution in [0.2, 0.25) is 0 Å². The summed E-state index contributed by atoms with van der Waals surface area (Å²) in [5.74, 6) is 0. The average molecular weight is 319 g/mol. The van der Waals surface area contributed by atoms with Gasteiger partial charge in [0, 0.05) is 39.3 Å². The molecule has 4 heterocycles. The molecule has 116 valence electrons. The zero-order chi connectivity index (χ0) is 16.4. The highest BCUT2D eigenvalue weighted by Gasteiger charge is 2.14. The van der Waals surface area contributed by atoms with Crippen molar-refractivity contribution < 1.29 is 0 Å². The van der Waals surface area contributed by atoms with E-state index in [1.54, 1.807) is 0 Å². The first kappa shape index (κ1) is 12.9. The molecule has 0 saturated carbocycles. The number of hydrogen-bond acceptors (Lipinski definition) is 2. The Morgan fingerprint density at radius 2 is 1.52 bits per heavy atom. The van der Waals surface area contributed by atoms with Crippen molar-refractivity contribution in [3.63, 3.8) is 0 Å². The zero-order valence-electron chi connectivity index (χ0n) is 13.3. The largest absolute Gasteiger partial charge is 0.298 e. The summed E-state index contributed by atoms with van der Waals surface area (Å²) >= 11 is 0. The number of nitrogens with zero attached hydrogens (tertiary/aromatic N) is 3. The Labute approximate surface area is 143 Å². The van der Waals surface area contributed by atoms with E-state index in [0.717, 1.165) is 38.4 Å². The molecule has 0 radical (unpaired) electrons. The lowest BCUT2D eigenvalue weighted by molar-refractivity contribution is 1.21. The smallest absolute Gasteiger partial charge is 0.145 e. The number of hydrogen-bond donors (Lipinski definition) is 0. The van der Waals surface area contributed by atoms with E-state index in [-0.39, 0.29) is 0 Å². The molecule has 2 aromatic carbocycles. The number of rotatable bonds is 0. The minimum absolute atomic E-state index is 0.971. The number of aromatic nitrogens is 3. The predicted molar refractivity (Wildman–Crippen MR) is 103 cm³/mol. The van der Waals surface area contributed by atoms with Crippen LogP contribution >= 0.6 is 0 Å². The van der Waals surface area contributed by atoms with Gasteiger partial charge >= 0.3 is 0 Å². The summed E-state index contributed by atoms with van der Waals surface area (Å²) in [5, 5.41) is 5.85. The van der Waals surface area contributed by atoms with Crippen molar-refractivity contribution in [3.8, 4) is 0 Å². The van der Waals surface area contributed by atoms with Gasteiger partial charge in [-0.15, -0.1) is 0 Å². The van der Waals surface area contributed by atoms with Crippen LogP contribution in [-0.4, -0.2) is 14.4 Å². The summed E-state index contributed by atoms with van der Waals surface area (Å²) in [6.45, 7) is 0. The molecule has 0 amide bonds. The second-order valence-corrected chi connectivity index (χ2v) is 6.39. The molecule has 0 aliphatic carbocycles. The minimum Gasteiger partial charge on any atom is -0.298 e. The normalized spacial score (nSPS) is 12.0. The number of para-hydroxylation sites is 1. The SMILES string of the molecule is c1ccc2nc3c(cc2c1)c1cccnc1n1cc2ccccc2c31. The van der Waals surface area contributed by atoms with Gasteiger partial charge in [-0.05, 0) is 24.3 Å². The van der Waals surface area contributed by atoms with Crippen LogP contribution in [0.1, 0.15) is 0 Å². The summed E-state index contributed by atoms with van der Waals surface area (Å²) in [6.07, 6.45) is 4.02. The Balaban J connectivity index is 2.03. The van der Waals surface area contributed by atoms with Gasteiger partial charge in [0.2, 0.25) is 0 Å². The van der Waals surface area contributed by atoms with Crippen molar-refractivity contribution in [1.82, 2.24) is 14.4 Å². The molecule has 0 unspecified atom stereocenters. The van der Waals surface area contributed by atoms with E-state index in [1.807, 2.05) is 18.3 Å². The molecule has 0 spiro atoms. The molecule has 0 saturated heterocycles. The van der Waals surface area contributed by atoms with E-state index in [9.17, 15) is 0 Å². The quantitative estimate of drug-likeness (QED) is 0.279. The maximum Gasteiger partial charge on any atom is 0.145 e. The maximum absolute atomic E-state index is 5.03. The van der Waals surface area contributed by atoms with Crippen molar-refractivity contribution >= 4 is 49.1 Å². The summed E-state index contributed by atoms with van der Waals surface area (Å²) < 4.78 is 2.18. The topological polar surface area (TPSA) is 30.2 Å². The van der Waals surface area contributed by atoms with E-state index >= 15 is 0 Å². The second-order valence-electron chi connectivity index (χ2n) is 6.39. The van der Waals surface area contributed by atoms with Gasteiger partial charge in [-0.3, -0.25) is 4.40 Å². The lowest BCUT2D eigenvalue weighted by Crippen LogP contribution is -1.94. The summed E-state index contributed by atoms with van der Waals surface area (Å²) in [6, 6.07) is 23.1. The van der Waals surface area contributed by atoms with Gasteiger partial charge < -0.3 is 0 Å². The monoisotopic (exact) mass is 319 g/mol. The van der Waals surface area contributed by atoms with Crippen LogP contribution in [0.3, 0.4) is 0 Å². The highest BCUT2D eigenvalue weighted by molar-refractivity contribution is 6.19.